The maximum absolute atomic E-state index is 7.78. The van der Waals surface area contributed by atoms with E-state index in [0.717, 1.165) is 0 Å². The molecule has 0 heterocycles. The summed E-state index contributed by atoms with van der Waals surface area (Å²) in [5, 5.41) is 10.1. The van der Waals surface area contributed by atoms with Crippen LogP contribution in [0.5, 0.6) is 0 Å². The molecule has 0 saturated heterocycles. The first-order valence-corrected chi connectivity index (χ1v) is 1.67. The monoisotopic (exact) mass is 82.1 g/mol. The summed E-state index contributed by atoms with van der Waals surface area (Å²) < 4.78 is 0. The molecule has 0 aliphatic carbocycles. The summed E-state index contributed by atoms with van der Waals surface area (Å²) in [5.41, 5.74) is 0. The minimum Gasteiger partial charge on any atom is -0.300 e. The van der Waals surface area contributed by atoms with Gasteiger partial charge in [0.1, 0.15) is 0 Å². The summed E-state index contributed by atoms with van der Waals surface area (Å²) in [4.78, 5) is 0. The molecule has 0 fully saturated rings. The molecule has 0 saturated carbocycles. The van der Waals surface area contributed by atoms with E-state index in [4.69, 9.17) is 5.26 Å². The molecule has 32 valence electrons. The molecule has 2 nitrogen and oxygen atoms in total. The third-order valence-electron chi connectivity index (χ3n) is 0.315. The van der Waals surface area contributed by atoms with Crippen LogP contribution in [0.2, 0.25) is 0 Å². The zero-order chi connectivity index (χ0) is 4.83. The topological polar surface area (TPSA) is 35.8 Å². The van der Waals surface area contributed by atoms with Gasteiger partial charge in [0.05, 0.1) is 0 Å². The van der Waals surface area contributed by atoms with Crippen LogP contribution in [0.15, 0.2) is 12.3 Å². The molecule has 0 spiro atoms. The van der Waals surface area contributed by atoms with Gasteiger partial charge < -0.3 is 5.32 Å². The van der Waals surface area contributed by atoms with Crippen molar-refractivity contribution in [3.63, 3.8) is 0 Å². The van der Waals surface area contributed by atoms with Gasteiger partial charge in [-0.2, -0.15) is 5.26 Å². The summed E-state index contributed by atoms with van der Waals surface area (Å²) in [5.74, 6) is 0. The molecule has 0 aliphatic rings. The molecule has 0 rings (SSSR count). The van der Waals surface area contributed by atoms with Crippen LogP contribution in [0, 0.1) is 11.5 Å². The third kappa shape index (κ3) is 3.03. The van der Waals surface area contributed by atoms with Crippen LogP contribution in [0.25, 0.3) is 0 Å². The molecule has 6 heavy (non-hydrogen) atoms. The Kier molecular flexibility index (Phi) is 3.38. The van der Waals surface area contributed by atoms with E-state index >= 15 is 0 Å². The molecule has 0 aliphatic heterocycles. The Bertz CT molecular complexity index is 78.0. The first-order chi connectivity index (χ1) is 2.91. The average Bonchev–Trinajstić information content (AvgIpc) is 1.61. The summed E-state index contributed by atoms with van der Waals surface area (Å²) in [6, 6.07) is 0. The fraction of sp³-hybridized carbons (Fsp3) is 0.250. The first kappa shape index (κ1) is 5.03. The Morgan fingerprint density at radius 1 is 1.83 bits per heavy atom. The minimum atomic E-state index is 1.57. The van der Waals surface area contributed by atoms with Gasteiger partial charge in [0, 0.05) is 6.20 Å². The maximum Gasteiger partial charge on any atom is 0.180 e. The Morgan fingerprint density at radius 3 is 2.67 bits per heavy atom. The molecule has 2 heteroatoms. The largest absolute Gasteiger partial charge is 0.300 e. The van der Waals surface area contributed by atoms with E-state index in [1.54, 1.807) is 18.5 Å². The van der Waals surface area contributed by atoms with Crippen LogP contribution in [0.1, 0.15) is 6.92 Å². The number of rotatable bonds is 1. The lowest BCUT2D eigenvalue weighted by Gasteiger charge is -1.71. The predicted octanol–water partition coefficient (Wildman–Crippen LogP) is 0.591. The van der Waals surface area contributed by atoms with Crippen LogP contribution in [-0.4, -0.2) is 0 Å². The Morgan fingerprint density at radius 2 is 2.50 bits per heavy atom. The SMILES string of the molecule is C/C=C\NC#N. The molecule has 0 amide bonds. The summed E-state index contributed by atoms with van der Waals surface area (Å²) in [7, 11) is 0. The second-order valence-electron chi connectivity index (χ2n) is 0.756. The molecule has 0 bridgehead atoms. The quantitative estimate of drug-likeness (QED) is 0.371. The molecule has 0 unspecified atom stereocenters. The highest BCUT2D eigenvalue weighted by atomic mass is 14.8. The number of hydrogen-bond acceptors (Lipinski definition) is 2. The number of hydrogen-bond donors (Lipinski definition) is 1. The lowest BCUT2D eigenvalue weighted by Crippen LogP contribution is -1.88. The van der Waals surface area contributed by atoms with Crippen molar-refractivity contribution in [3.8, 4) is 6.19 Å². The summed E-state index contributed by atoms with van der Waals surface area (Å²) >= 11 is 0. The van der Waals surface area contributed by atoms with Crippen molar-refractivity contribution in [1.82, 2.24) is 5.32 Å². The Hall–Kier alpha value is -0.970. The Balaban J connectivity index is 2.92. The fourth-order valence-electron chi connectivity index (χ4n) is 0.121. The zero-order valence-electron chi connectivity index (χ0n) is 3.60. The molecule has 0 radical (unpaired) electrons. The van der Waals surface area contributed by atoms with Crippen molar-refractivity contribution in [2.45, 2.75) is 6.92 Å². The van der Waals surface area contributed by atoms with E-state index in [1.165, 1.54) is 0 Å². The van der Waals surface area contributed by atoms with Gasteiger partial charge in [-0.25, -0.2) is 0 Å². The third-order valence-corrected chi connectivity index (χ3v) is 0.315. The second-order valence-corrected chi connectivity index (χ2v) is 0.756. The van der Waals surface area contributed by atoms with Crippen LogP contribution in [0.3, 0.4) is 0 Å². The van der Waals surface area contributed by atoms with Crippen LogP contribution in [0.4, 0.5) is 0 Å². The number of nitrogens with one attached hydrogen (secondary N) is 1. The van der Waals surface area contributed by atoms with Crippen molar-refractivity contribution in [2.75, 3.05) is 0 Å². The van der Waals surface area contributed by atoms with Crippen molar-refractivity contribution >= 4 is 0 Å². The van der Waals surface area contributed by atoms with E-state index < -0.39 is 0 Å². The van der Waals surface area contributed by atoms with Gasteiger partial charge in [-0.3, -0.25) is 0 Å². The minimum absolute atomic E-state index is 1.57. The Labute approximate surface area is 37.1 Å². The predicted molar refractivity (Wildman–Crippen MR) is 23.6 cm³/mol. The molecular weight excluding hydrogens is 76.1 g/mol. The van der Waals surface area contributed by atoms with Crippen LogP contribution in [-0.2, 0) is 0 Å². The van der Waals surface area contributed by atoms with E-state index in [1.807, 2.05) is 6.92 Å². The summed E-state index contributed by atoms with van der Waals surface area (Å²) in [6.07, 6.45) is 5.05. The molecule has 0 atom stereocenters. The molecule has 0 aromatic heterocycles. The highest BCUT2D eigenvalue weighted by Gasteiger charge is 1.54. The first-order valence-electron chi connectivity index (χ1n) is 1.67. The van der Waals surface area contributed by atoms with E-state index in [9.17, 15) is 0 Å². The van der Waals surface area contributed by atoms with Gasteiger partial charge in [-0.1, -0.05) is 6.08 Å². The van der Waals surface area contributed by atoms with E-state index in [-0.39, 0.29) is 0 Å². The fourth-order valence-corrected chi connectivity index (χ4v) is 0.121. The van der Waals surface area contributed by atoms with Crippen molar-refractivity contribution in [3.05, 3.63) is 12.3 Å². The van der Waals surface area contributed by atoms with Crippen molar-refractivity contribution < 1.29 is 0 Å². The highest BCUT2D eigenvalue weighted by molar-refractivity contribution is 4.81. The van der Waals surface area contributed by atoms with Crippen LogP contribution >= 0.6 is 0 Å². The van der Waals surface area contributed by atoms with Gasteiger partial charge in [-0.05, 0) is 6.92 Å². The van der Waals surface area contributed by atoms with Crippen molar-refractivity contribution in [2.24, 2.45) is 0 Å². The second kappa shape index (κ2) is 4.03. The van der Waals surface area contributed by atoms with Crippen LogP contribution < -0.4 is 5.32 Å². The molecule has 0 aromatic carbocycles. The van der Waals surface area contributed by atoms with E-state index in [2.05, 4.69) is 5.32 Å². The normalized spacial score (nSPS) is 8.00. The van der Waals surface area contributed by atoms with Crippen molar-refractivity contribution in [1.29, 1.82) is 5.26 Å². The summed E-state index contributed by atoms with van der Waals surface area (Å²) in [6.45, 7) is 1.84. The smallest absolute Gasteiger partial charge is 0.180 e. The number of nitriles is 1. The highest BCUT2D eigenvalue weighted by Crippen LogP contribution is 1.55. The van der Waals surface area contributed by atoms with Gasteiger partial charge in [0.25, 0.3) is 0 Å². The molecule has 0 aromatic rings. The van der Waals surface area contributed by atoms with Gasteiger partial charge in [0.15, 0.2) is 6.19 Å². The molecule has 1 N–H and O–H groups in total. The van der Waals surface area contributed by atoms with E-state index in [0.29, 0.717) is 0 Å². The standard InChI is InChI=1S/C4H6N2/c1-2-3-6-4-5/h2-3,6H,1H3/b3-2-. The number of allylic oxidation sites excluding steroid dienone is 1. The lowest BCUT2D eigenvalue weighted by atomic mass is 10.7. The van der Waals surface area contributed by atoms with Gasteiger partial charge in [-0.15, -0.1) is 0 Å². The number of nitrogens with zero attached hydrogens (tertiary/aromatic N) is 1. The zero-order valence-corrected chi connectivity index (χ0v) is 3.60. The van der Waals surface area contributed by atoms with Gasteiger partial charge in [0.2, 0.25) is 0 Å². The lowest BCUT2D eigenvalue weighted by molar-refractivity contribution is 1.19. The van der Waals surface area contributed by atoms with Gasteiger partial charge >= 0.3 is 0 Å². The maximum atomic E-state index is 7.78. The molecular formula is C4H6N2. The average molecular weight is 82.1 g/mol.